The second kappa shape index (κ2) is 9.68. The van der Waals surface area contributed by atoms with Crippen LogP contribution in [0.25, 0.3) is 5.65 Å². The molecule has 0 aromatic carbocycles. The minimum Gasteiger partial charge on any atom is -0.467 e. The minimum atomic E-state index is 0.0631. The van der Waals surface area contributed by atoms with Crippen LogP contribution in [-0.2, 0) is 17.8 Å². The number of hydrogen-bond donors (Lipinski definition) is 2. The van der Waals surface area contributed by atoms with Crippen molar-refractivity contribution in [1.29, 1.82) is 0 Å². The van der Waals surface area contributed by atoms with Crippen molar-refractivity contribution in [3.63, 3.8) is 0 Å². The van der Waals surface area contributed by atoms with Gasteiger partial charge in [0.2, 0.25) is 5.91 Å². The van der Waals surface area contributed by atoms with Gasteiger partial charge >= 0.3 is 0 Å². The normalized spacial score (nSPS) is 19.7. The van der Waals surface area contributed by atoms with E-state index < -0.39 is 0 Å². The van der Waals surface area contributed by atoms with Crippen LogP contribution in [0.2, 0.25) is 0 Å². The molecule has 1 saturated heterocycles. The van der Waals surface area contributed by atoms with Gasteiger partial charge in [-0.2, -0.15) is 4.52 Å². The number of nitrogens with one attached hydrogen (secondary N) is 2. The van der Waals surface area contributed by atoms with Crippen molar-refractivity contribution in [2.75, 3.05) is 25.0 Å². The Kier molecular flexibility index (Phi) is 6.34. The first kappa shape index (κ1) is 20.9. The van der Waals surface area contributed by atoms with Crippen LogP contribution in [0.15, 0.2) is 34.9 Å². The van der Waals surface area contributed by atoms with Crippen LogP contribution >= 0.6 is 0 Å². The second-order valence-corrected chi connectivity index (χ2v) is 8.93. The average molecular weight is 438 g/mol. The number of anilines is 1. The number of rotatable bonds is 9. The van der Waals surface area contributed by atoms with E-state index in [1.54, 1.807) is 10.8 Å². The molecule has 2 aliphatic rings. The smallest absolute Gasteiger partial charge is 0.220 e. The van der Waals surface area contributed by atoms with E-state index in [1.165, 1.54) is 38.6 Å². The third kappa shape index (κ3) is 4.93. The zero-order valence-electron chi connectivity index (χ0n) is 18.4. The number of nitrogens with zero attached hydrogens (tertiary/aromatic N) is 5. The molecule has 2 fully saturated rings. The lowest BCUT2D eigenvalue weighted by molar-refractivity contribution is -0.121. The van der Waals surface area contributed by atoms with Crippen molar-refractivity contribution in [2.45, 2.75) is 57.5 Å². The SMILES string of the molecule is O=C(CCc1nnc2ccc(NCc3ccco3)nn12)NCC1CCN(C2CCCC2)C1. The van der Waals surface area contributed by atoms with Gasteiger partial charge in [-0.3, -0.25) is 4.79 Å². The summed E-state index contributed by atoms with van der Waals surface area (Å²) < 4.78 is 7.04. The molecule has 1 amide bonds. The lowest BCUT2D eigenvalue weighted by Gasteiger charge is -2.23. The molecular formula is C23H31N7O2. The van der Waals surface area contributed by atoms with E-state index in [0.29, 0.717) is 42.6 Å². The molecule has 1 atom stereocenters. The number of carbonyl (C=O) groups is 1. The number of carbonyl (C=O) groups excluding carboxylic acids is 1. The first-order chi connectivity index (χ1) is 15.7. The van der Waals surface area contributed by atoms with Crippen molar-refractivity contribution in [3.8, 4) is 0 Å². The van der Waals surface area contributed by atoms with Crippen LogP contribution in [0.4, 0.5) is 5.82 Å². The quantitative estimate of drug-likeness (QED) is 0.531. The molecule has 1 aliphatic carbocycles. The molecule has 32 heavy (non-hydrogen) atoms. The van der Waals surface area contributed by atoms with Crippen LogP contribution in [0, 0.1) is 5.92 Å². The molecule has 0 radical (unpaired) electrons. The molecule has 1 saturated carbocycles. The lowest BCUT2D eigenvalue weighted by Crippen LogP contribution is -2.34. The maximum Gasteiger partial charge on any atom is 0.220 e. The van der Waals surface area contributed by atoms with Crippen molar-refractivity contribution >= 4 is 17.4 Å². The summed E-state index contributed by atoms with van der Waals surface area (Å²) in [5.41, 5.74) is 0.668. The summed E-state index contributed by atoms with van der Waals surface area (Å²) >= 11 is 0. The fraction of sp³-hybridized carbons (Fsp3) is 0.565. The molecule has 2 N–H and O–H groups in total. The standard InChI is InChI=1S/C23H31N7O2/c31-23(25-14-17-11-12-29(16-17)18-4-1-2-5-18)10-9-22-27-26-21-8-7-20(28-30(21)22)24-15-19-6-3-13-32-19/h3,6-8,13,17-18H,1-2,4-5,9-12,14-16H2,(H,24,28)(H,25,31). The molecule has 1 aliphatic heterocycles. The van der Waals surface area contributed by atoms with Gasteiger partial charge in [0.15, 0.2) is 11.5 Å². The molecule has 9 heteroatoms. The predicted octanol–water partition coefficient (Wildman–Crippen LogP) is 2.64. The Labute approximate surface area is 187 Å². The third-order valence-electron chi connectivity index (χ3n) is 6.67. The highest BCUT2D eigenvalue weighted by Crippen LogP contribution is 2.28. The number of aromatic nitrogens is 4. The number of aryl methyl sites for hydroxylation is 1. The Balaban J connectivity index is 1.09. The van der Waals surface area contributed by atoms with E-state index in [1.807, 2.05) is 24.3 Å². The van der Waals surface area contributed by atoms with Crippen molar-refractivity contribution in [1.82, 2.24) is 30.0 Å². The topological polar surface area (TPSA) is 101 Å². The lowest BCUT2D eigenvalue weighted by atomic mass is 10.1. The van der Waals surface area contributed by atoms with Crippen LogP contribution < -0.4 is 10.6 Å². The Morgan fingerprint density at radius 1 is 1.16 bits per heavy atom. The third-order valence-corrected chi connectivity index (χ3v) is 6.67. The second-order valence-electron chi connectivity index (χ2n) is 8.93. The Morgan fingerprint density at radius 2 is 2.06 bits per heavy atom. The number of fused-ring (bicyclic) bond motifs is 1. The van der Waals surface area contributed by atoms with Crippen LogP contribution in [0.3, 0.4) is 0 Å². The molecule has 4 heterocycles. The van der Waals surface area contributed by atoms with Gasteiger partial charge in [0.05, 0.1) is 12.8 Å². The van der Waals surface area contributed by atoms with E-state index in [-0.39, 0.29) is 5.91 Å². The Morgan fingerprint density at radius 3 is 2.91 bits per heavy atom. The zero-order chi connectivity index (χ0) is 21.8. The summed E-state index contributed by atoms with van der Waals surface area (Å²) in [5.74, 6) is 2.85. The molecule has 3 aromatic heterocycles. The van der Waals surface area contributed by atoms with Gasteiger partial charge in [-0.05, 0) is 56.0 Å². The first-order valence-corrected chi connectivity index (χ1v) is 11.7. The summed E-state index contributed by atoms with van der Waals surface area (Å²) in [7, 11) is 0. The predicted molar refractivity (Wildman–Crippen MR) is 120 cm³/mol. The van der Waals surface area contributed by atoms with Gasteiger partial charge in [0.25, 0.3) is 0 Å². The molecule has 1 unspecified atom stereocenters. The highest BCUT2D eigenvalue weighted by molar-refractivity contribution is 5.76. The summed E-state index contributed by atoms with van der Waals surface area (Å²) in [5, 5.41) is 19.3. The summed E-state index contributed by atoms with van der Waals surface area (Å²) in [4.78, 5) is 15.1. The van der Waals surface area contributed by atoms with Gasteiger partial charge in [-0.25, -0.2) is 0 Å². The van der Waals surface area contributed by atoms with E-state index in [9.17, 15) is 4.79 Å². The summed E-state index contributed by atoms with van der Waals surface area (Å²) in [6.07, 6.45) is 9.15. The van der Waals surface area contributed by atoms with Crippen LogP contribution in [0.1, 0.15) is 50.1 Å². The summed E-state index contributed by atoms with van der Waals surface area (Å²) in [6.45, 7) is 3.61. The highest BCUT2D eigenvalue weighted by atomic mass is 16.3. The Bertz CT molecular complexity index is 1030. The molecule has 5 rings (SSSR count). The van der Waals surface area contributed by atoms with Crippen LogP contribution in [0.5, 0.6) is 0 Å². The van der Waals surface area contributed by atoms with Gasteiger partial charge in [0.1, 0.15) is 11.6 Å². The molecule has 170 valence electrons. The maximum atomic E-state index is 12.4. The van der Waals surface area contributed by atoms with Gasteiger partial charge in [-0.1, -0.05) is 12.8 Å². The van der Waals surface area contributed by atoms with E-state index in [0.717, 1.165) is 24.9 Å². The highest BCUT2D eigenvalue weighted by Gasteiger charge is 2.29. The largest absolute Gasteiger partial charge is 0.467 e. The number of furan rings is 1. The van der Waals surface area contributed by atoms with Crippen molar-refractivity contribution in [2.24, 2.45) is 5.92 Å². The number of hydrogen-bond acceptors (Lipinski definition) is 7. The number of likely N-dealkylation sites (tertiary alicyclic amines) is 1. The molecule has 0 bridgehead atoms. The van der Waals surface area contributed by atoms with Crippen molar-refractivity contribution in [3.05, 3.63) is 42.1 Å². The Hall–Kier alpha value is -2.94. The minimum absolute atomic E-state index is 0.0631. The molecule has 9 nitrogen and oxygen atoms in total. The fourth-order valence-electron chi connectivity index (χ4n) is 4.88. The molecule has 3 aromatic rings. The average Bonchev–Trinajstić information content (AvgIpc) is 3.62. The van der Waals surface area contributed by atoms with Crippen molar-refractivity contribution < 1.29 is 9.21 Å². The molecular weight excluding hydrogens is 406 g/mol. The monoisotopic (exact) mass is 437 g/mol. The van der Waals surface area contributed by atoms with E-state index >= 15 is 0 Å². The first-order valence-electron chi connectivity index (χ1n) is 11.7. The van der Waals surface area contributed by atoms with Gasteiger partial charge < -0.3 is 20.0 Å². The van der Waals surface area contributed by atoms with E-state index in [2.05, 4.69) is 30.8 Å². The number of amides is 1. The molecule has 0 spiro atoms. The maximum absolute atomic E-state index is 12.4. The van der Waals surface area contributed by atoms with Gasteiger partial charge in [-0.15, -0.1) is 15.3 Å². The summed E-state index contributed by atoms with van der Waals surface area (Å²) in [6, 6.07) is 8.27. The van der Waals surface area contributed by atoms with Crippen LogP contribution in [-0.4, -0.2) is 56.3 Å². The zero-order valence-corrected chi connectivity index (χ0v) is 18.4. The fourth-order valence-corrected chi connectivity index (χ4v) is 4.88. The van der Waals surface area contributed by atoms with E-state index in [4.69, 9.17) is 4.42 Å². The van der Waals surface area contributed by atoms with Gasteiger partial charge in [0, 0.05) is 32.0 Å².